The summed E-state index contributed by atoms with van der Waals surface area (Å²) in [5, 5.41) is 9.74. The first-order valence-corrected chi connectivity index (χ1v) is 4.24. The quantitative estimate of drug-likeness (QED) is 0.523. The van der Waals surface area contributed by atoms with Gasteiger partial charge in [0.1, 0.15) is 0 Å². The lowest BCUT2D eigenvalue weighted by molar-refractivity contribution is 0.183. The third-order valence-electron chi connectivity index (χ3n) is 2.82. The van der Waals surface area contributed by atoms with Crippen LogP contribution in [0.3, 0.4) is 0 Å². The molecule has 0 aliphatic heterocycles. The summed E-state index contributed by atoms with van der Waals surface area (Å²) in [6.07, 6.45) is 5.36. The normalized spacial score (nSPS) is 40.3. The predicted octanol–water partition coefficient (Wildman–Crippen LogP) is 1.89. The fraction of sp³-hybridized carbons (Fsp3) is 0.600. The molecule has 2 aliphatic rings. The van der Waals surface area contributed by atoms with E-state index in [9.17, 15) is 5.11 Å². The van der Waals surface area contributed by atoms with Crippen LogP contribution in [0.1, 0.15) is 20.3 Å². The van der Waals surface area contributed by atoms with Crippen molar-refractivity contribution in [3.63, 3.8) is 0 Å². The molecule has 0 heterocycles. The molecule has 1 N–H and O–H groups in total. The van der Waals surface area contributed by atoms with E-state index in [0.29, 0.717) is 11.8 Å². The number of allylic oxidation sites excluding steroid dienone is 2. The average Bonchev–Trinajstić information content (AvgIpc) is 2.44. The largest absolute Gasteiger partial charge is 0.388 e. The van der Waals surface area contributed by atoms with Crippen LogP contribution in [0.5, 0.6) is 0 Å². The molecule has 2 bridgehead atoms. The Balaban J connectivity index is 2.40. The lowest BCUT2D eigenvalue weighted by Crippen LogP contribution is -2.16. The van der Waals surface area contributed by atoms with Gasteiger partial charge < -0.3 is 5.11 Å². The van der Waals surface area contributed by atoms with Crippen LogP contribution in [-0.2, 0) is 0 Å². The van der Waals surface area contributed by atoms with Gasteiger partial charge >= 0.3 is 0 Å². The van der Waals surface area contributed by atoms with Gasteiger partial charge in [-0.2, -0.15) is 0 Å². The standard InChI is InChI=1S/C10H14O/c1-6(2)9-7-3-4-8(5-7)10(9)11/h3-4,7-8,10-11H,5H2,1-2H3. The van der Waals surface area contributed by atoms with Gasteiger partial charge in [0.05, 0.1) is 6.10 Å². The van der Waals surface area contributed by atoms with Crippen molar-refractivity contribution in [2.45, 2.75) is 26.4 Å². The van der Waals surface area contributed by atoms with Crippen LogP contribution in [0, 0.1) is 11.8 Å². The van der Waals surface area contributed by atoms with Gasteiger partial charge in [-0.15, -0.1) is 0 Å². The van der Waals surface area contributed by atoms with Gasteiger partial charge in [0.15, 0.2) is 0 Å². The SMILES string of the molecule is CC(C)=C1C2C=CC(C2)C1O. The van der Waals surface area contributed by atoms with E-state index >= 15 is 0 Å². The number of hydrogen-bond acceptors (Lipinski definition) is 1. The second-order valence-electron chi connectivity index (χ2n) is 3.79. The second kappa shape index (κ2) is 2.21. The van der Waals surface area contributed by atoms with Crippen molar-refractivity contribution < 1.29 is 5.11 Å². The molecule has 1 fully saturated rings. The Kier molecular flexibility index (Phi) is 1.43. The van der Waals surface area contributed by atoms with Gasteiger partial charge in [-0.1, -0.05) is 17.7 Å². The number of fused-ring (bicyclic) bond motifs is 2. The molecule has 1 saturated carbocycles. The molecule has 60 valence electrons. The van der Waals surface area contributed by atoms with Gasteiger partial charge in [-0.05, 0) is 25.8 Å². The van der Waals surface area contributed by atoms with E-state index in [-0.39, 0.29) is 6.10 Å². The van der Waals surface area contributed by atoms with Crippen LogP contribution in [0.4, 0.5) is 0 Å². The first-order valence-electron chi connectivity index (χ1n) is 4.24. The zero-order valence-electron chi connectivity index (χ0n) is 7.04. The van der Waals surface area contributed by atoms with Crippen LogP contribution in [0.25, 0.3) is 0 Å². The van der Waals surface area contributed by atoms with E-state index in [1.807, 2.05) is 0 Å². The van der Waals surface area contributed by atoms with E-state index in [4.69, 9.17) is 0 Å². The molecular formula is C10H14O. The summed E-state index contributed by atoms with van der Waals surface area (Å²) >= 11 is 0. The van der Waals surface area contributed by atoms with Crippen molar-refractivity contribution in [2.75, 3.05) is 0 Å². The Bertz CT molecular complexity index is 233. The Hall–Kier alpha value is -0.560. The molecule has 2 rings (SSSR count). The maximum atomic E-state index is 9.74. The van der Waals surface area contributed by atoms with Crippen LogP contribution in [0.2, 0.25) is 0 Å². The molecule has 3 unspecified atom stereocenters. The molecule has 0 spiro atoms. The summed E-state index contributed by atoms with van der Waals surface area (Å²) in [6.45, 7) is 4.18. The number of aliphatic hydroxyl groups excluding tert-OH is 1. The van der Waals surface area contributed by atoms with E-state index in [0.717, 1.165) is 6.42 Å². The minimum atomic E-state index is -0.171. The number of hydrogen-bond donors (Lipinski definition) is 1. The second-order valence-corrected chi connectivity index (χ2v) is 3.79. The molecule has 0 amide bonds. The third-order valence-corrected chi connectivity index (χ3v) is 2.82. The Labute approximate surface area is 67.4 Å². The van der Waals surface area contributed by atoms with E-state index in [1.54, 1.807) is 0 Å². The number of aliphatic hydroxyl groups is 1. The molecule has 3 atom stereocenters. The predicted molar refractivity (Wildman–Crippen MR) is 45.1 cm³/mol. The molecule has 0 aromatic heterocycles. The van der Waals surface area contributed by atoms with Gasteiger partial charge in [-0.25, -0.2) is 0 Å². The minimum absolute atomic E-state index is 0.171. The van der Waals surface area contributed by atoms with Crippen molar-refractivity contribution in [1.29, 1.82) is 0 Å². The van der Waals surface area contributed by atoms with Crippen LogP contribution in [0.15, 0.2) is 23.3 Å². The van der Waals surface area contributed by atoms with Crippen molar-refractivity contribution in [1.82, 2.24) is 0 Å². The lowest BCUT2D eigenvalue weighted by atomic mass is 9.94. The summed E-state index contributed by atoms with van der Waals surface area (Å²) in [7, 11) is 0. The molecule has 0 aromatic carbocycles. The van der Waals surface area contributed by atoms with Crippen LogP contribution < -0.4 is 0 Å². The highest BCUT2D eigenvalue weighted by atomic mass is 16.3. The molecule has 2 aliphatic carbocycles. The molecule has 1 heteroatoms. The van der Waals surface area contributed by atoms with Gasteiger partial charge in [0.25, 0.3) is 0 Å². The fourth-order valence-electron chi connectivity index (χ4n) is 2.31. The first kappa shape index (κ1) is 7.11. The molecule has 11 heavy (non-hydrogen) atoms. The maximum Gasteiger partial charge on any atom is 0.0821 e. The Morgan fingerprint density at radius 1 is 1.45 bits per heavy atom. The third kappa shape index (κ3) is 0.875. The fourth-order valence-corrected chi connectivity index (χ4v) is 2.31. The van der Waals surface area contributed by atoms with E-state index < -0.39 is 0 Å². The highest BCUT2D eigenvalue weighted by Crippen LogP contribution is 2.44. The van der Waals surface area contributed by atoms with Gasteiger partial charge in [-0.3, -0.25) is 0 Å². The highest BCUT2D eigenvalue weighted by Gasteiger charge is 2.39. The average molecular weight is 150 g/mol. The zero-order chi connectivity index (χ0) is 8.01. The summed E-state index contributed by atoms with van der Waals surface area (Å²) < 4.78 is 0. The Morgan fingerprint density at radius 2 is 2.18 bits per heavy atom. The van der Waals surface area contributed by atoms with Crippen molar-refractivity contribution in [2.24, 2.45) is 11.8 Å². The first-order chi connectivity index (χ1) is 5.20. The van der Waals surface area contributed by atoms with Crippen LogP contribution >= 0.6 is 0 Å². The maximum absolute atomic E-state index is 9.74. The molecular weight excluding hydrogens is 136 g/mol. The smallest absolute Gasteiger partial charge is 0.0821 e. The van der Waals surface area contributed by atoms with Crippen LogP contribution in [-0.4, -0.2) is 11.2 Å². The summed E-state index contributed by atoms with van der Waals surface area (Å²) in [6, 6.07) is 0. The molecule has 1 nitrogen and oxygen atoms in total. The van der Waals surface area contributed by atoms with Gasteiger partial charge in [0.2, 0.25) is 0 Å². The highest BCUT2D eigenvalue weighted by molar-refractivity contribution is 5.34. The summed E-state index contributed by atoms with van der Waals surface area (Å²) in [4.78, 5) is 0. The number of rotatable bonds is 0. The zero-order valence-corrected chi connectivity index (χ0v) is 7.04. The van der Waals surface area contributed by atoms with Crippen molar-refractivity contribution in [3.8, 4) is 0 Å². The summed E-state index contributed by atoms with van der Waals surface area (Å²) in [5.41, 5.74) is 2.58. The molecule has 0 aromatic rings. The van der Waals surface area contributed by atoms with Crippen molar-refractivity contribution in [3.05, 3.63) is 23.3 Å². The van der Waals surface area contributed by atoms with E-state index in [1.165, 1.54) is 11.1 Å². The van der Waals surface area contributed by atoms with Crippen molar-refractivity contribution >= 4 is 0 Å². The minimum Gasteiger partial charge on any atom is -0.388 e. The lowest BCUT2D eigenvalue weighted by Gasteiger charge is -2.17. The summed E-state index contributed by atoms with van der Waals surface area (Å²) in [5.74, 6) is 0.977. The molecule has 0 radical (unpaired) electrons. The Morgan fingerprint density at radius 3 is 2.55 bits per heavy atom. The topological polar surface area (TPSA) is 20.2 Å². The van der Waals surface area contributed by atoms with Gasteiger partial charge in [0, 0.05) is 11.8 Å². The molecule has 0 saturated heterocycles. The van der Waals surface area contributed by atoms with E-state index in [2.05, 4.69) is 26.0 Å². The monoisotopic (exact) mass is 150 g/mol.